The maximum Gasteiger partial charge on any atom is 0.261 e. The first-order valence-corrected chi connectivity index (χ1v) is 9.07. The second-order valence-electron chi connectivity index (χ2n) is 5.85. The van der Waals surface area contributed by atoms with Gasteiger partial charge in [-0.25, -0.2) is 8.42 Å². The SMILES string of the molecule is CC1=CC(O)N(C)c2ccc(NS(=O)(=O)c3ccc(C#N)cc3)cc21. The molecular weight excluding hydrogens is 338 g/mol. The second-order valence-corrected chi connectivity index (χ2v) is 7.53. The molecule has 0 fully saturated rings. The van der Waals surface area contributed by atoms with E-state index in [9.17, 15) is 13.5 Å². The summed E-state index contributed by atoms with van der Waals surface area (Å²) in [5, 5.41) is 18.8. The molecular formula is C18H17N3O3S. The Balaban J connectivity index is 1.93. The molecule has 0 bridgehead atoms. The fraction of sp³-hybridized carbons (Fsp3) is 0.167. The van der Waals surface area contributed by atoms with Crippen molar-refractivity contribution >= 4 is 27.0 Å². The van der Waals surface area contributed by atoms with E-state index in [1.54, 1.807) is 36.2 Å². The minimum Gasteiger partial charge on any atom is -0.370 e. The highest BCUT2D eigenvalue weighted by Crippen LogP contribution is 2.34. The van der Waals surface area contributed by atoms with Gasteiger partial charge in [0.15, 0.2) is 0 Å². The van der Waals surface area contributed by atoms with Gasteiger partial charge >= 0.3 is 0 Å². The number of hydrogen-bond donors (Lipinski definition) is 2. The Morgan fingerprint density at radius 1 is 1.20 bits per heavy atom. The number of hydrogen-bond acceptors (Lipinski definition) is 5. The molecule has 2 aromatic rings. The lowest BCUT2D eigenvalue weighted by Crippen LogP contribution is -2.32. The Morgan fingerprint density at radius 2 is 1.88 bits per heavy atom. The van der Waals surface area contributed by atoms with Gasteiger partial charge in [-0.2, -0.15) is 5.26 Å². The molecule has 1 aliphatic heterocycles. The number of nitrogens with zero attached hydrogens (tertiary/aromatic N) is 2. The molecule has 1 heterocycles. The molecule has 0 radical (unpaired) electrons. The number of fused-ring (bicyclic) bond motifs is 1. The first-order chi connectivity index (χ1) is 11.8. The summed E-state index contributed by atoms with van der Waals surface area (Å²) in [5.74, 6) is 0. The highest BCUT2D eigenvalue weighted by Gasteiger charge is 2.21. The summed E-state index contributed by atoms with van der Waals surface area (Å²) in [6, 6.07) is 12.8. The first kappa shape index (κ1) is 17.0. The van der Waals surface area contributed by atoms with Crippen molar-refractivity contribution in [1.82, 2.24) is 0 Å². The van der Waals surface area contributed by atoms with Crippen molar-refractivity contribution in [2.45, 2.75) is 18.0 Å². The van der Waals surface area contributed by atoms with Gasteiger partial charge in [0.1, 0.15) is 6.23 Å². The summed E-state index contributed by atoms with van der Waals surface area (Å²) in [5.41, 5.74) is 3.39. The van der Waals surface area contributed by atoms with E-state index in [-0.39, 0.29) is 4.90 Å². The summed E-state index contributed by atoms with van der Waals surface area (Å²) in [6.45, 7) is 1.87. The number of anilines is 2. The number of nitriles is 1. The lowest BCUT2D eigenvalue weighted by Gasteiger charge is -2.31. The maximum atomic E-state index is 12.5. The highest BCUT2D eigenvalue weighted by atomic mass is 32.2. The number of aliphatic hydroxyl groups excluding tert-OH is 1. The van der Waals surface area contributed by atoms with E-state index in [1.807, 2.05) is 13.0 Å². The average molecular weight is 355 g/mol. The number of aliphatic hydroxyl groups is 1. The molecule has 2 aromatic carbocycles. The molecule has 1 unspecified atom stereocenters. The molecule has 0 spiro atoms. The van der Waals surface area contributed by atoms with Crippen LogP contribution in [0.3, 0.4) is 0 Å². The zero-order chi connectivity index (χ0) is 18.2. The molecule has 1 aliphatic rings. The van der Waals surface area contributed by atoms with E-state index < -0.39 is 16.3 Å². The van der Waals surface area contributed by atoms with Crippen LogP contribution >= 0.6 is 0 Å². The van der Waals surface area contributed by atoms with Crippen LogP contribution in [-0.2, 0) is 10.0 Å². The molecule has 0 saturated heterocycles. The van der Waals surface area contributed by atoms with Crippen molar-refractivity contribution in [2.75, 3.05) is 16.7 Å². The van der Waals surface area contributed by atoms with Crippen LogP contribution < -0.4 is 9.62 Å². The van der Waals surface area contributed by atoms with E-state index in [1.165, 1.54) is 24.3 Å². The second kappa shape index (κ2) is 6.24. The number of rotatable bonds is 3. The topological polar surface area (TPSA) is 93.4 Å². The van der Waals surface area contributed by atoms with Gasteiger partial charge in [0, 0.05) is 24.0 Å². The van der Waals surface area contributed by atoms with Crippen molar-refractivity contribution in [3.63, 3.8) is 0 Å². The third-order valence-corrected chi connectivity index (χ3v) is 5.54. The molecule has 128 valence electrons. The normalized spacial score (nSPS) is 16.6. The summed E-state index contributed by atoms with van der Waals surface area (Å²) in [7, 11) is -1.98. The zero-order valence-corrected chi connectivity index (χ0v) is 14.6. The molecule has 25 heavy (non-hydrogen) atoms. The lowest BCUT2D eigenvalue weighted by atomic mass is 9.99. The molecule has 6 nitrogen and oxygen atoms in total. The third-order valence-electron chi connectivity index (χ3n) is 4.14. The number of sulfonamides is 1. The van der Waals surface area contributed by atoms with Crippen LogP contribution in [0.15, 0.2) is 53.4 Å². The van der Waals surface area contributed by atoms with Gasteiger partial charge in [0.05, 0.1) is 16.5 Å². The molecule has 3 rings (SSSR count). The minimum atomic E-state index is -3.75. The van der Waals surface area contributed by atoms with Gasteiger partial charge < -0.3 is 10.0 Å². The van der Waals surface area contributed by atoms with Crippen LogP contribution in [0.1, 0.15) is 18.1 Å². The van der Waals surface area contributed by atoms with E-state index >= 15 is 0 Å². The Morgan fingerprint density at radius 3 is 2.52 bits per heavy atom. The predicted octanol–water partition coefficient (Wildman–Crippen LogP) is 2.53. The quantitative estimate of drug-likeness (QED) is 0.882. The minimum absolute atomic E-state index is 0.0871. The fourth-order valence-electron chi connectivity index (χ4n) is 2.71. The Hall–Kier alpha value is -2.82. The average Bonchev–Trinajstić information content (AvgIpc) is 2.59. The van der Waals surface area contributed by atoms with Gasteiger partial charge in [-0.1, -0.05) is 0 Å². The smallest absolute Gasteiger partial charge is 0.261 e. The maximum absolute atomic E-state index is 12.5. The largest absolute Gasteiger partial charge is 0.370 e. The molecule has 0 amide bonds. The summed E-state index contributed by atoms with van der Waals surface area (Å²) >= 11 is 0. The Bertz CT molecular complexity index is 989. The van der Waals surface area contributed by atoms with Crippen molar-refractivity contribution in [3.05, 3.63) is 59.7 Å². The molecule has 2 N–H and O–H groups in total. The van der Waals surface area contributed by atoms with Crippen molar-refractivity contribution in [2.24, 2.45) is 0 Å². The third kappa shape index (κ3) is 3.22. The zero-order valence-electron chi connectivity index (χ0n) is 13.8. The van der Waals surface area contributed by atoms with E-state index in [0.717, 1.165) is 16.8 Å². The van der Waals surface area contributed by atoms with Crippen molar-refractivity contribution < 1.29 is 13.5 Å². The van der Waals surface area contributed by atoms with Gasteiger partial charge in [0.25, 0.3) is 10.0 Å². The fourth-order valence-corrected chi connectivity index (χ4v) is 3.76. The molecule has 0 aliphatic carbocycles. The van der Waals surface area contributed by atoms with Crippen LogP contribution in [0, 0.1) is 11.3 Å². The Labute approximate surface area is 146 Å². The van der Waals surface area contributed by atoms with Crippen molar-refractivity contribution in [1.29, 1.82) is 5.26 Å². The monoisotopic (exact) mass is 355 g/mol. The standard InChI is InChI=1S/C18H17N3O3S/c1-12-9-18(22)21(2)17-8-5-14(10-16(12)17)20-25(23,24)15-6-3-13(11-19)4-7-15/h3-10,18,20,22H,1-2H3. The number of likely N-dealkylation sites (N-methyl/N-ethyl adjacent to an activating group) is 1. The van der Waals surface area contributed by atoms with E-state index in [2.05, 4.69) is 4.72 Å². The summed E-state index contributed by atoms with van der Waals surface area (Å²) in [6.07, 6.45) is 1.01. The van der Waals surface area contributed by atoms with Gasteiger partial charge in [0.2, 0.25) is 0 Å². The number of benzene rings is 2. The molecule has 0 aromatic heterocycles. The first-order valence-electron chi connectivity index (χ1n) is 7.58. The molecule has 1 atom stereocenters. The summed E-state index contributed by atoms with van der Waals surface area (Å²) in [4.78, 5) is 1.80. The van der Waals surface area contributed by atoms with E-state index in [4.69, 9.17) is 5.26 Å². The molecule has 0 saturated carbocycles. The predicted molar refractivity (Wildman–Crippen MR) is 96.5 cm³/mol. The van der Waals surface area contributed by atoms with Gasteiger partial charge in [-0.3, -0.25) is 4.72 Å². The summed E-state index contributed by atoms with van der Waals surface area (Å²) < 4.78 is 27.6. The number of nitrogens with one attached hydrogen (secondary N) is 1. The van der Waals surface area contributed by atoms with Crippen LogP contribution in [0.2, 0.25) is 0 Å². The highest BCUT2D eigenvalue weighted by molar-refractivity contribution is 7.92. The van der Waals surface area contributed by atoms with Crippen molar-refractivity contribution in [3.8, 4) is 6.07 Å². The van der Waals surface area contributed by atoms with Crippen LogP contribution in [0.25, 0.3) is 5.57 Å². The van der Waals surface area contributed by atoms with Gasteiger partial charge in [-0.15, -0.1) is 0 Å². The van der Waals surface area contributed by atoms with Crippen LogP contribution in [-0.4, -0.2) is 26.8 Å². The number of allylic oxidation sites excluding steroid dienone is 1. The molecule has 7 heteroatoms. The van der Waals surface area contributed by atoms with Gasteiger partial charge in [-0.05, 0) is 61.0 Å². The van der Waals surface area contributed by atoms with Crippen LogP contribution in [0.5, 0.6) is 0 Å². The lowest BCUT2D eigenvalue weighted by molar-refractivity contribution is 0.222. The Kier molecular flexibility index (Phi) is 4.25. The van der Waals surface area contributed by atoms with Crippen LogP contribution in [0.4, 0.5) is 11.4 Å². The van der Waals surface area contributed by atoms with E-state index in [0.29, 0.717) is 11.3 Å².